The summed E-state index contributed by atoms with van der Waals surface area (Å²) in [5.41, 5.74) is 11.2. The largest absolute Gasteiger partial charge is 0.481 e. The summed E-state index contributed by atoms with van der Waals surface area (Å²) in [6.45, 7) is 3.66. The van der Waals surface area contributed by atoms with E-state index in [0.29, 0.717) is 19.4 Å². The summed E-state index contributed by atoms with van der Waals surface area (Å²) in [6.07, 6.45) is -0.728. The number of carbonyl (C=O) groups excluding carboxylic acids is 3. The van der Waals surface area contributed by atoms with Crippen molar-refractivity contribution in [3.8, 4) is 0 Å². The lowest BCUT2D eigenvalue weighted by molar-refractivity contribution is -0.147. The molecule has 34 heavy (non-hydrogen) atoms. The number of nitrogens with one attached hydrogen (secondary N) is 3. The first-order chi connectivity index (χ1) is 15.8. The van der Waals surface area contributed by atoms with Crippen molar-refractivity contribution in [2.75, 3.05) is 6.54 Å². The molecule has 0 aliphatic carbocycles. The predicted molar refractivity (Wildman–Crippen MR) is 118 cm³/mol. The molecule has 14 nitrogen and oxygen atoms in total. The van der Waals surface area contributed by atoms with E-state index < -0.39 is 72.6 Å². The van der Waals surface area contributed by atoms with Gasteiger partial charge in [0, 0.05) is 6.42 Å². The maximum Gasteiger partial charge on any atom is 0.326 e. The standard InChI is InChI=1S/C20H35N5O9/c1-10(2)16(22)19(32)24-12(6-7-14(26)27)18(31)23-11(5-3-4-8-21)17(30)25-13(20(33)34)9-15(28)29/h10-13,16H,3-9,21-22H2,1-2H3,(H,23,31)(H,24,32)(H,25,30)(H,26,27)(H,28,29)(H,33,34). The van der Waals surface area contributed by atoms with Crippen LogP contribution in [-0.2, 0) is 28.8 Å². The van der Waals surface area contributed by atoms with E-state index in [4.69, 9.17) is 26.8 Å². The van der Waals surface area contributed by atoms with E-state index in [-0.39, 0.29) is 18.8 Å². The molecular weight excluding hydrogens is 454 g/mol. The van der Waals surface area contributed by atoms with Crippen molar-refractivity contribution in [1.82, 2.24) is 16.0 Å². The van der Waals surface area contributed by atoms with E-state index in [0.717, 1.165) is 0 Å². The monoisotopic (exact) mass is 489 g/mol. The fourth-order valence-electron chi connectivity index (χ4n) is 2.79. The normalized spacial score (nSPS) is 14.4. The van der Waals surface area contributed by atoms with Crippen molar-refractivity contribution < 1.29 is 44.1 Å². The summed E-state index contributed by atoms with van der Waals surface area (Å²) in [7, 11) is 0. The molecule has 0 aromatic heterocycles. The molecule has 3 amide bonds. The van der Waals surface area contributed by atoms with Crippen LogP contribution >= 0.6 is 0 Å². The van der Waals surface area contributed by atoms with Crippen LogP contribution in [0.3, 0.4) is 0 Å². The highest BCUT2D eigenvalue weighted by atomic mass is 16.4. The molecule has 10 N–H and O–H groups in total. The van der Waals surface area contributed by atoms with Gasteiger partial charge in [0.2, 0.25) is 17.7 Å². The van der Waals surface area contributed by atoms with E-state index in [9.17, 15) is 28.8 Å². The minimum atomic E-state index is -1.73. The van der Waals surface area contributed by atoms with Crippen molar-refractivity contribution in [2.24, 2.45) is 17.4 Å². The number of hydrogen-bond acceptors (Lipinski definition) is 8. The number of rotatable bonds is 17. The van der Waals surface area contributed by atoms with E-state index >= 15 is 0 Å². The van der Waals surface area contributed by atoms with Crippen LogP contribution in [0.1, 0.15) is 52.4 Å². The van der Waals surface area contributed by atoms with Crippen molar-refractivity contribution in [1.29, 1.82) is 0 Å². The molecule has 0 heterocycles. The number of nitrogens with two attached hydrogens (primary N) is 2. The molecule has 0 aromatic carbocycles. The zero-order valence-corrected chi connectivity index (χ0v) is 19.3. The highest BCUT2D eigenvalue weighted by molar-refractivity contribution is 5.94. The number of hydrogen-bond donors (Lipinski definition) is 8. The molecule has 0 aliphatic rings. The van der Waals surface area contributed by atoms with Crippen molar-refractivity contribution >= 4 is 35.6 Å². The predicted octanol–water partition coefficient (Wildman–Crippen LogP) is -2.02. The smallest absolute Gasteiger partial charge is 0.326 e. The lowest BCUT2D eigenvalue weighted by Gasteiger charge is -2.25. The van der Waals surface area contributed by atoms with Gasteiger partial charge in [-0.3, -0.25) is 24.0 Å². The lowest BCUT2D eigenvalue weighted by Crippen LogP contribution is -2.57. The average molecular weight is 490 g/mol. The van der Waals surface area contributed by atoms with Crippen LogP contribution in [0.2, 0.25) is 0 Å². The molecule has 0 bridgehead atoms. The fourth-order valence-corrected chi connectivity index (χ4v) is 2.79. The first-order valence-corrected chi connectivity index (χ1v) is 10.8. The van der Waals surface area contributed by atoms with Crippen LogP contribution in [-0.4, -0.2) is 81.7 Å². The molecule has 0 aromatic rings. The molecule has 0 spiro atoms. The summed E-state index contributed by atoms with van der Waals surface area (Å²) in [5, 5.41) is 33.8. The summed E-state index contributed by atoms with van der Waals surface area (Å²) in [5.74, 6) is -7.00. The van der Waals surface area contributed by atoms with E-state index in [1.165, 1.54) is 0 Å². The van der Waals surface area contributed by atoms with Crippen LogP contribution < -0.4 is 27.4 Å². The Morgan fingerprint density at radius 2 is 1.24 bits per heavy atom. The van der Waals surface area contributed by atoms with Crippen molar-refractivity contribution in [2.45, 2.75) is 76.5 Å². The van der Waals surface area contributed by atoms with Gasteiger partial charge >= 0.3 is 17.9 Å². The summed E-state index contributed by atoms with van der Waals surface area (Å²) >= 11 is 0. The molecular formula is C20H35N5O9. The Morgan fingerprint density at radius 1 is 0.735 bits per heavy atom. The average Bonchev–Trinajstić information content (AvgIpc) is 2.73. The van der Waals surface area contributed by atoms with E-state index in [2.05, 4.69) is 16.0 Å². The Bertz CT molecular complexity index is 744. The van der Waals surface area contributed by atoms with Gasteiger partial charge in [0.05, 0.1) is 12.5 Å². The number of aliphatic carboxylic acids is 3. The molecule has 0 radical (unpaired) electrons. The fraction of sp³-hybridized carbons (Fsp3) is 0.700. The van der Waals surface area contributed by atoms with Gasteiger partial charge in [-0.2, -0.15) is 0 Å². The molecule has 0 saturated carbocycles. The van der Waals surface area contributed by atoms with Crippen LogP contribution in [0, 0.1) is 5.92 Å². The number of unbranched alkanes of at least 4 members (excludes halogenated alkanes) is 1. The molecule has 4 unspecified atom stereocenters. The highest BCUT2D eigenvalue weighted by Gasteiger charge is 2.31. The molecule has 0 rings (SSSR count). The van der Waals surface area contributed by atoms with Crippen LogP contribution in [0.4, 0.5) is 0 Å². The van der Waals surface area contributed by atoms with Gasteiger partial charge in [0.25, 0.3) is 0 Å². The zero-order valence-electron chi connectivity index (χ0n) is 19.3. The molecule has 4 atom stereocenters. The van der Waals surface area contributed by atoms with E-state index in [1.54, 1.807) is 13.8 Å². The Balaban J connectivity index is 5.60. The SMILES string of the molecule is CC(C)C(N)C(=O)NC(CCC(=O)O)C(=O)NC(CCCCN)C(=O)NC(CC(=O)O)C(=O)O. The zero-order chi connectivity index (χ0) is 26.4. The summed E-state index contributed by atoms with van der Waals surface area (Å²) in [6, 6.07) is -5.30. The van der Waals surface area contributed by atoms with Gasteiger partial charge < -0.3 is 42.7 Å². The quantitative estimate of drug-likeness (QED) is 0.103. The molecule has 194 valence electrons. The molecule has 0 aliphatic heterocycles. The third-order valence-corrected chi connectivity index (χ3v) is 4.87. The minimum absolute atomic E-state index is 0.0410. The summed E-state index contributed by atoms with van der Waals surface area (Å²) < 4.78 is 0. The Labute approximate surface area is 196 Å². The van der Waals surface area contributed by atoms with Gasteiger partial charge in [-0.15, -0.1) is 0 Å². The number of carboxylic acid groups (broad SMARTS) is 3. The molecule has 0 fully saturated rings. The highest BCUT2D eigenvalue weighted by Crippen LogP contribution is 2.07. The second-order valence-electron chi connectivity index (χ2n) is 8.11. The lowest BCUT2D eigenvalue weighted by atomic mass is 10.0. The van der Waals surface area contributed by atoms with Gasteiger partial charge in [-0.05, 0) is 38.1 Å². The van der Waals surface area contributed by atoms with Gasteiger partial charge in [0.1, 0.15) is 18.1 Å². The number of carbonyl (C=O) groups is 6. The Morgan fingerprint density at radius 3 is 1.68 bits per heavy atom. The van der Waals surface area contributed by atoms with Crippen LogP contribution in [0.15, 0.2) is 0 Å². The first-order valence-electron chi connectivity index (χ1n) is 10.8. The van der Waals surface area contributed by atoms with Crippen molar-refractivity contribution in [3.05, 3.63) is 0 Å². The number of carboxylic acids is 3. The third-order valence-electron chi connectivity index (χ3n) is 4.87. The van der Waals surface area contributed by atoms with Gasteiger partial charge in [-0.25, -0.2) is 4.79 Å². The maximum atomic E-state index is 12.9. The van der Waals surface area contributed by atoms with Crippen LogP contribution in [0.25, 0.3) is 0 Å². The van der Waals surface area contributed by atoms with Gasteiger partial charge in [-0.1, -0.05) is 13.8 Å². The third kappa shape index (κ3) is 12.1. The number of amides is 3. The van der Waals surface area contributed by atoms with Crippen LogP contribution in [0.5, 0.6) is 0 Å². The molecule has 0 saturated heterocycles. The Kier molecular flexibility index (Phi) is 14.1. The second kappa shape index (κ2) is 15.6. The first kappa shape index (κ1) is 30.7. The molecule has 14 heteroatoms. The maximum absolute atomic E-state index is 12.9. The minimum Gasteiger partial charge on any atom is -0.481 e. The summed E-state index contributed by atoms with van der Waals surface area (Å²) in [4.78, 5) is 71.0. The van der Waals surface area contributed by atoms with Gasteiger partial charge in [0.15, 0.2) is 0 Å². The second-order valence-corrected chi connectivity index (χ2v) is 8.11. The van der Waals surface area contributed by atoms with Crippen molar-refractivity contribution in [3.63, 3.8) is 0 Å². The topological polar surface area (TPSA) is 251 Å². The Hall–Kier alpha value is -3.26. The van der Waals surface area contributed by atoms with E-state index in [1.807, 2.05) is 0 Å².